The number of benzene rings is 2. The zero-order valence-corrected chi connectivity index (χ0v) is 12.0. The molecule has 0 unspecified atom stereocenters. The summed E-state index contributed by atoms with van der Waals surface area (Å²) < 4.78 is 0. The van der Waals surface area contributed by atoms with Crippen LogP contribution in [0, 0.1) is 0 Å². The largest absolute Gasteiger partial charge is 0.270 e. The van der Waals surface area contributed by atoms with Crippen molar-refractivity contribution in [2.75, 3.05) is 0 Å². The van der Waals surface area contributed by atoms with Crippen molar-refractivity contribution in [3.05, 3.63) is 48.0 Å². The second-order valence-corrected chi connectivity index (χ2v) is 5.59. The Labute approximate surface area is 118 Å². The van der Waals surface area contributed by atoms with E-state index in [-0.39, 0.29) is 5.91 Å². The zero-order valence-electron chi connectivity index (χ0n) is 11.3. The van der Waals surface area contributed by atoms with Crippen molar-refractivity contribution in [1.82, 2.24) is 9.95 Å². The predicted molar refractivity (Wildman–Crippen MR) is 78.9 cm³/mol. The first-order valence-corrected chi connectivity index (χ1v) is 6.51. The molecule has 1 amide bonds. The molecule has 100 valence electrons. The number of nitrogens with zero attached hydrogens (tertiary/aromatic N) is 1. The molecule has 0 heterocycles. The summed E-state index contributed by atoms with van der Waals surface area (Å²) in [6.07, 6.45) is 0. The van der Waals surface area contributed by atoms with E-state index in [0.29, 0.717) is 5.56 Å². The molecule has 4 heteroatoms. The van der Waals surface area contributed by atoms with Gasteiger partial charge in [0.15, 0.2) is 0 Å². The Morgan fingerprint density at radius 1 is 1.11 bits per heavy atom. The number of hydrazine groups is 1. The highest BCUT2D eigenvalue weighted by molar-refractivity contribution is 6.15. The fraction of sp³-hybridized carbons (Fsp3) is 0.267. The standard InChI is InChI=1S/C15H17ClN2O/c1-15(2,3)18(17-16)14(19)13-10-6-8-11-7-4-5-9-12(11)13/h4-10,17H,1-3H3. The summed E-state index contributed by atoms with van der Waals surface area (Å²) in [7, 11) is 0. The van der Waals surface area contributed by atoms with Gasteiger partial charge in [0.1, 0.15) is 0 Å². The van der Waals surface area contributed by atoms with Crippen molar-refractivity contribution in [2.45, 2.75) is 26.3 Å². The average Bonchev–Trinajstić information content (AvgIpc) is 2.37. The second-order valence-electron chi connectivity index (χ2n) is 5.42. The predicted octanol–water partition coefficient (Wildman–Crippen LogP) is 3.74. The molecule has 0 saturated heterocycles. The topological polar surface area (TPSA) is 32.3 Å². The van der Waals surface area contributed by atoms with Crippen LogP contribution in [0.4, 0.5) is 0 Å². The highest BCUT2D eigenvalue weighted by atomic mass is 35.5. The van der Waals surface area contributed by atoms with E-state index < -0.39 is 5.54 Å². The molecule has 2 aromatic rings. The van der Waals surface area contributed by atoms with Crippen LogP contribution in [0.15, 0.2) is 42.5 Å². The summed E-state index contributed by atoms with van der Waals surface area (Å²) in [5, 5.41) is 3.39. The Morgan fingerprint density at radius 3 is 2.37 bits per heavy atom. The molecule has 19 heavy (non-hydrogen) atoms. The van der Waals surface area contributed by atoms with Crippen LogP contribution in [0.25, 0.3) is 10.8 Å². The fourth-order valence-electron chi connectivity index (χ4n) is 2.00. The maximum absolute atomic E-state index is 12.6. The number of carbonyl (C=O) groups excluding carboxylic acids is 1. The highest BCUT2D eigenvalue weighted by Crippen LogP contribution is 2.22. The molecule has 0 aliphatic heterocycles. The maximum Gasteiger partial charge on any atom is 0.270 e. The van der Waals surface area contributed by atoms with E-state index in [0.717, 1.165) is 10.8 Å². The molecule has 3 nitrogen and oxygen atoms in total. The summed E-state index contributed by atoms with van der Waals surface area (Å²) in [6.45, 7) is 5.77. The van der Waals surface area contributed by atoms with Crippen molar-refractivity contribution in [1.29, 1.82) is 0 Å². The number of amides is 1. The van der Waals surface area contributed by atoms with Gasteiger partial charge in [0.2, 0.25) is 0 Å². The Kier molecular flexibility index (Phi) is 3.78. The van der Waals surface area contributed by atoms with E-state index >= 15 is 0 Å². The number of fused-ring (bicyclic) bond motifs is 1. The van der Waals surface area contributed by atoms with Crippen LogP contribution in [-0.4, -0.2) is 16.5 Å². The Balaban J connectivity index is 2.53. The van der Waals surface area contributed by atoms with E-state index in [4.69, 9.17) is 11.8 Å². The number of hydrogen-bond acceptors (Lipinski definition) is 2. The van der Waals surface area contributed by atoms with E-state index in [2.05, 4.69) is 4.94 Å². The van der Waals surface area contributed by atoms with Gasteiger partial charge in [-0.3, -0.25) is 9.80 Å². The molecule has 0 spiro atoms. The molecule has 2 aromatic carbocycles. The minimum Gasteiger partial charge on any atom is -0.268 e. The van der Waals surface area contributed by atoms with Gasteiger partial charge >= 0.3 is 0 Å². The molecule has 0 aromatic heterocycles. The van der Waals surface area contributed by atoms with Gasteiger partial charge in [0.05, 0.1) is 5.54 Å². The van der Waals surface area contributed by atoms with Gasteiger partial charge in [0.25, 0.3) is 5.91 Å². The molecule has 0 aliphatic carbocycles. The Morgan fingerprint density at radius 2 is 1.74 bits per heavy atom. The lowest BCUT2D eigenvalue weighted by Crippen LogP contribution is -2.50. The first-order valence-electron chi connectivity index (χ1n) is 6.14. The third kappa shape index (κ3) is 2.72. The Hall–Kier alpha value is -1.58. The molecular formula is C15H17ClN2O. The van der Waals surface area contributed by atoms with Gasteiger partial charge in [-0.2, -0.15) is 0 Å². The molecule has 0 atom stereocenters. The lowest BCUT2D eigenvalue weighted by molar-refractivity contribution is 0.0518. The van der Waals surface area contributed by atoms with Crippen LogP contribution in [-0.2, 0) is 0 Å². The number of carbonyl (C=O) groups is 1. The first kappa shape index (κ1) is 13.8. The quantitative estimate of drug-likeness (QED) is 0.669. The highest BCUT2D eigenvalue weighted by Gasteiger charge is 2.27. The third-order valence-corrected chi connectivity index (χ3v) is 3.15. The maximum atomic E-state index is 12.6. The van der Waals surface area contributed by atoms with Crippen LogP contribution in [0.1, 0.15) is 31.1 Å². The van der Waals surface area contributed by atoms with Gasteiger partial charge in [-0.15, -0.1) is 4.94 Å². The Bertz CT molecular complexity index is 599. The van der Waals surface area contributed by atoms with E-state index in [1.807, 2.05) is 63.2 Å². The van der Waals surface area contributed by atoms with Gasteiger partial charge < -0.3 is 0 Å². The van der Waals surface area contributed by atoms with Crippen LogP contribution >= 0.6 is 11.8 Å². The number of hydrogen-bond donors (Lipinski definition) is 1. The van der Waals surface area contributed by atoms with E-state index in [1.165, 1.54) is 5.01 Å². The minimum absolute atomic E-state index is 0.140. The van der Waals surface area contributed by atoms with Crippen molar-refractivity contribution in [3.8, 4) is 0 Å². The summed E-state index contributed by atoms with van der Waals surface area (Å²) in [4.78, 5) is 15.1. The molecule has 0 radical (unpaired) electrons. The number of rotatable bonds is 2. The summed E-state index contributed by atoms with van der Waals surface area (Å²) in [6, 6.07) is 13.5. The molecule has 0 fully saturated rings. The van der Waals surface area contributed by atoms with E-state index in [1.54, 1.807) is 0 Å². The van der Waals surface area contributed by atoms with Crippen molar-refractivity contribution in [3.63, 3.8) is 0 Å². The molecular weight excluding hydrogens is 260 g/mol. The summed E-state index contributed by atoms with van der Waals surface area (Å²) in [5.41, 5.74) is 0.233. The van der Waals surface area contributed by atoms with Crippen LogP contribution in [0.3, 0.4) is 0 Å². The molecule has 0 saturated carbocycles. The zero-order chi connectivity index (χ0) is 14.0. The molecule has 0 aliphatic rings. The van der Waals surface area contributed by atoms with Crippen LogP contribution in [0.2, 0.25) is 0 Å². The van der Waals surface area contributed by atoms with Crippen molar-refractivity contribution in [2.24, 2.45) is 0 Å². The van der Waals surface area contributed by atoms with Gasteiger partial charge in [-0.05, 0) is 49.4 Å². The van der Waals surface area contributed by atoms with Gasteiger partial charge in [-0.1, -0.05) is 36.4 Å². The fourth-order valence-corrected chi connectivity index (χ4v) is 2.33. The SMILES string of the molecule is CC(C)(C)N(NCl)C(=O)c1cccc2ccccc12. The summed E-state index contributed by atoms with van der Waals surface area (Å²) in [5.74, 6) is -0.140. The van der Waals surface area contributed by atoms with Crippen molar-refractivity contribution < 1.29 is 4.79 Å². The van der Waals surface area contributed by atoms with E-state index in [9.17, 15) is 4.79 Å². The lowest BCUT2D eigenvalue weighted by Gasteiger charge is -2.33. The minimum atomic E-state index is -0.407. The van der Waals surface area contributed by atoms with Crippen LogP contribution < -0.4 is 4.94 Å². The smallest absolute Gasteiger partial charge is 0.268 e. The average molecular weight is 277 g/mol. The summed E-state index contributed by atoms with van der Waals surface area (Å²) >= 11 is 5.70. The van der Waals surface area contributed by atoms with Gasteiger partial charge in [-0.25, -0.2) is 0 Å². The van der Waals surface area contributed by atoms with Gasteiger partial charge in [0, 0.05) is 5.56 Å². The third-order valence-electron chi connectivity index (χ3n) is 2.98. The number of nitrogens with one attached hydrogen (secondary N) is 1. The monoisotopic (exact) mass is 276 g/mol. The molecule has 0 bridgehead atoms. The molecule has 2 rings (SSSR count). The van der Waals surface area contributed by atoms with Crippen molar-refractivity contribution >= 4 is 28.5 Å². The lowest BCUT2D eigenvalue weighted by atomic mass is 10.0. The number of halogens is 1. The van der Waals surface area contributed by atoms with Crippen LogP contribution in [0.5, 0.6) is 0 Å². The first-order chi connectivity index (χ1) is 8.95. The second kappa shape index (κ2) is 5.19. The molecule has 1 N–H and O–H groups in total. The normalized spacial score (nSPS) is 11.6.